The highest BCUT2D eigenvalue weighted by Crippen LogP contribution is 2.28. The van der Waals surface area contributed by atoms with Gasteiger partial charge in [0.2, 0.25) is 0 Å². The minimum atomic E-state index is 0.0549. The van der Waals surface area contributed by atoms with Crippen LogP contribution in [0.2, 0.25) is 0 Å². The van der Waals surface area contributed by atoms with Crippen molar-refractivity contribution in [3.05, 3.63) is 60.2 Å². The van der Waals surface area contributed by atoms with E-state index < -0.39 is 0 Å². The molecule has 2 aromatic rings. The van der Waals surface area contributed by atoms with Gasteiger partial charge in [0.1, 0.15) is 11.5 Å². The second-order valence-electron chi connectivity index (χ2n) is 5.32. The summed E-state index contributed by atoms with van der Waals surface area (Å²) in [7, 11) is 0. The molecule has 1 aliphatic heterocycles. The SMILES string of the molecule is O=C(c1ccccc1Oc1ccccc1)[C@@H]1CCCNC1. The van der Waals surface area contributed by atoms with Gasteiger partial charge in [-0.2, -0.15) is 0 Å². The Labute approximate surface area is 124 Å². The number of carbonyl (C=O) groups excluding carboxylic acids is 1. The number of benzene rings is 2. The zero-order valence-corrected chi connectivity index (χ0v) is 11.9. The fourth-order valence-electron chi connectivity index (χ4n) is 2.67. The third kappa shape index (κ3) is 3.31. The fourth-order valence-corrected chi connectivity index (χ4v) is 2.67. The van der Waals surface area contributed by atoms with E-state index in [4.69, 9.17) is 4.74 Å². The lowest BCUT2D eigenvalue weighted by Crippen LogP contribution is -2.34. The van der Waals surface area contributed by atoms with E-state index in [1.165, 1.54) is 0 Å². The molecule has 21 heavy (non-hydrogen) atoms. The second-order valence-corrected chi connectivity index (χ2v) is 5.32. The second kappa shape index (κ2) is 6.55. The highest BCUT2D eigenvalue weighted by molar-refractivity contribution is 6.00. The lowest BCUT2D eigenvalue weighted by atomic mass is 9.90. The van der Waals surface area contributed by atoms with Gasteiger partial charge in [-0.1, -0.05) is 30.3 Å². The van der Waals surface area contributed by atoms with Crippen LogP contribution in [0.3, 0.4) is 0 Å². The Kier molecular flexibility index (Phi) is 4.31. The summed E-state index contributed by atoms with van der Waals surface area (Å²) < 4.78 is 5.88. The first-order valence-electron chi connectivity index (χ1n) is 7.41. The first-order chi connectivity index (χ1) is 10.3. The van der Waals surface area contributed by atoms with Crippen molar-refractivity contribution in [1.82, 2.24) is 5.32 Å². The summed E-state index contributed by atoms with van der Waals surface area (Å²) in [4.78, 5) is 12.7. The van der Waals surface area contributed by atoms with Crippen molar-refractivity contribution in [2.24, 2.45) is 5.92 Å². The molecule has 0 amide bonds. The summed E-state index contributed by atoms with van der Waals surface area (Å²) in [6.07, 6.45) is 2.00. The number of hydrogen-bond donors (Lipinski definition) is 1. The van der Waals surface area contributed by atoms with Crippen LogP contribution in [0.5, 0.6) is 11.5 Å². The van der Waals surface area contributed by atoms with E-state index in [0.29, 0.717) is 11.3 Å². The molecular formula is C18H19NO2. The maximum Gasteiger partial charge on any atom is 0.170 e. The van der Waals surface area contributed by atoms with Crippen LogP contribution in [-0.2, 0) is 0 Å². The Hall–Kier alpha value is -2.13. The first kappa shape index (κ1) is 13.8. The summed E-state index contributed by atoms with van der Waals surface area (Å²) in [5, 5.41) is 3.29. The molecule has 0 spiro atoms. The summed E-state index contributed by atoms with van der Waals surface area (Å²) >= 11 is 0. The van der Waals surface area contributed by atoms with Gasteiger partial charge in [0.05, 0.1) is 5.56 Å². The van der Waals surface area contributed by atoms with E-state index in [2.05, 4.69) is 5.32 Å². The summed E-state index contributed by atoms with van der Waals surface area (Å²) in [5.41, 5.74) is 0.676. The van der Waals surface area contributed by atoms with Crippen LogP contribution in [0, 0.1) is 5.92 Å². The lowest BCUT2D eigenvalue weighted by molar-refractivity contribution is 0.0897. The number of Topliss-reactive ketones (excluding diaryl/α,β-unsaturated/α-hetero) is 1. The average molecular weight is 281 g/mol. The molecule has 0 aliphatic carbocycles. The highest BCUT2D eigenvalue weighted by Gasteiger charge is 2.24. The van der Waals surface area contributed by atoms with Crippen LogP contribution < -0.4 is 10.1 Å². The molecule has 1 N–H and O–H groups in total. The minimum absolute atomic E-state index is 0.0549. The molecule has 3 heteroatoms. The van der Waals surface area contributed by atoms with E-state index in [9.17, 15) is 4.79 Å². The minimum Gasteiger partial charge on any atom is -0.457 e. The molecular weight excluding hydrogens is 262 g/mol. The van der Waals surface area contributed by atoms with Crippen molar-refractivity contribution >= 4 is 5.78 Å². The van der Waals surface area contributed by atoms with Crippen LogP contribution in [0.4, 0.5) is 0 Å². The molecule has 0 bridgehead atoms. The van der Waals surface area contributed by atoms with E-state index >= 15 is 0 Å². The predicted molar refractivity (Wildman–Crippen MR) is 82.9 cm³/mol. The van der Waals surface area contributed by atoms with Gasteiger partial charge in [-0.25, -0.2) is 0 Å². The van der Waals surface area contributed by atoms with Gasteiger partial charge in [0.25, 0.3) is 0 Å². The standard InChI is InChI=1S/C18H19NO2/c20-18(14-7-6-12-19-13-14)16-10-4-5-11-17(16)21-15-8-2-1-3-9-15/h1-5,8-11,14,19H,6-7,12-13H2/t14-/m1/s1. The molecule has 0 aromatic heterocycles. The molecule has 1 heterocycles. The van der Waals surface area contributed by atoms with Crippen molar-refractivity contribution in [2.75, 3.05) is 13.1 Å². The van der Waals surface area contributed by atoms with Crippen molar-refractivity contribution < 1.29 is 9.53 Å². The number of carbonyl (C=O) groups is 1. The highest BCUT2D eigenvalue weighted by atomic mass is 16.5. The number of ketones is 1. The monoisotopic (exact) mass is 281 g/mol. The van der Waals surface area contributed by atoms with E-state index in [0.717, 1.165) is 31.7 Å². The largest absolute Gasteiger partial charge is 0.457 e. The third-order valence-corrected chi connectivity index (χ3v) is 3.79. The van der Waals surface area contributed by atoms with Gasteiger partial charge in [-0.3, -0.25) is 4.79 Å². The number of hydrogen-bond acceptors (Lipinski definition) is 3. The quantitative estimate of drug-likeness (QED) is 0.869. The maximum absolute atomic E-state index is 12.7. The number of nitrogens with one attached hydrogen (secondary N) is 1. The number of para-hydroxylation sites is 2. The van der Waals surface area contributed by atoms with Gasteiger partial charge in [-0.05, 0) is 43.7 Å². The Bertz CT molecular complexity index is 604. The average Bonchev–Trinajstić information content (AvgIpc) is 2.56. The van der Waals surface area contributed by atoms with Gasteiger partial charge in [-0.15, -0.1) is 0 Å². The van der Waals surface area contributed by atoms with Crippen LogP contribution >= 0.6 is 0 Å². The number of ether oxygens (including phenoxy) is 1. The third-order valence-electron chi connectivity index (χ3n) is 3.79. The fraction of sp³-hybridized carbons (Fsp3) is 0.278. The van der Waals surface area contributed by atoms with Crippen LogP contribution in [0.25, 0.3) is 0 Å². The number of piperidine rings is 1. The molecule has 1 aliphatic rings. The Morgan fingerprint density at radius 2 is 1.81 bits per heavy atom. The van der Waals surface area contributed by atoms with E-state index in [1.807, 2.05) is 54.6 Å². The molecule has 1 saturated heterocycles. The number of rotatable bonds is 4. The van der Waals surface area contributed by atoms with Crippen molar-refractivity contribution in [2.45, 2.75) is 12.8 Å². The Morgan fingerprint density at radius 1 is 1.05 bits per heavy atom. The normalized spacial score (nSPS) is 18.2. The van der Waals surface area contributed by atoms with Crippen LogP contribution in [0.1, 0.15) is 23.2 Å². The first-order valence-corrected chi connectivity index (χ1v) is 7.41. The molecule has 1 fully saturated rings. The molecule has 3 nitrogen and oxygen atoms in total. The predicted octanol–water partition coefficient (Wildman–Crippen LogP) is 3.66. The lowest BCUT2D eigenvalue weighted by Gasteiger charge is -2.22. The van der Waals surface area contributed by atoms with Crippen LogP contribution in [-0.4, -0.2) is 18.9 Å². The zero-order chi connectivity index (χ0) is 14.5. The van der Waals surface area contributed by atoms with Gasteiger partial charge in [0, 0.05) is 12.5 Å². The Balaban J connectivity index is 1.83. The van der Waals surface area contributed by atoms with Crippen molar-refractivity contribution in [3.8, 4) is 11.5 Å². The summed E-state index contributed by atoms with van der Waals surface area (Å²) in [6, 6.07) is 17.1. The van der Waals surface area contributed by atoms with Gasteiger partial charge >= 0.3 is 0 Å². The van der Waals surface area contributed by atoms with Gasteiger partial charge in [0.15, 0.2) is 5.78 Å². The molecule has 0 saturated carbocycles. The molecule has 108 valence electrons. The maximum atomic E-state index is 12.7. The van der Waals surface area contributed by atoms with Gasteiger partial charge < -0.3 is 10.1 Å². The molecule has 3 rings (SSSR count). The summed E-state index contributed by atoms with van der Waals surface area (Å²) in [5.74, 6) is 1.62. The smallest absolute Gasteiger partial charge is 0.170 e. The van der Waals surface area contributed by atoms with E-state index in [1.54, 1.807) is 0 Å². The molecule has 1 atom stereocenters. The molecule has 0 unspecified atom stereocenters. The topological polar surface area (TPSA) is 38.3 Å². The summed E-state index contributed by atoms with van der Waals surface area (Å²) in [6.45, 7) is 1.77. The van der Waals surface area contributed by atoms with Crippen molar-refractivity contribution in [3.63, 3.8) is 0 Å². The molecule has 2 aromatic carbocycles. The van der Waals surface area contributed by atoms with E-state index in [-0.39, 0.29) is 11.7 Å². The van der Waals surface area contributed by atoms with Crippen molar-refractivity contribution in [1.29, 1.82) is 0 Å². The zero-order valence-electron chi connectivity index (χ0n) is 11.9. The molecule has 0 radical (unpaired) electrons. The Morgan fingerprint density at radius 3 is 2.57 bits per heavy atom. The van der Waals surface area contributed by atoms with Crippen LogP contribution in [0.15, 0.2) is 54.6 Å².